The number of benzene rings is 1. The molecule has 0 saturated heterocycles. The standard InChI is InChI=1S/C15H16N2S/c1-11(2)15-13(10-16)18-14(17-15)9-8-12-6-4-3-5-7-12/h3-7,11H,8-9H2,1-2H3. The highest BCUT2D eigenvalue weighted by Crippen LogP contribution is 2.25. The highest BCUT2D eigenvalue weighted by atomic mass is 32.1. The Kier molecular flexibility index (Phi) is 4.11. The third-order valence-corrected chi connectivity index (χ3v) is 3.85. The molecular formula is C15H16N2S. The topological polar surface area (TPSA) is 36.7 Å². The normalized spacial score (nSPS) is 10.6. The van der Waals surface area contributed by atoms with Crippen LogP contribution in [-0.2, 0) is 12.8 Å². The van der Waals surface area contributed by atoms with Gasteiger partial charge in [0.1, 0.15) is 10.9 Å². The van der Waals surface area contributed by atoms with Gasteiger partial charge in [0.15, 0.2) is 0 Å². The summed E-state index contributed by atoms with van der Waals surface area (Å²) in [6.07, 6.45) is 1.90. The van der Waals surface area contributed by atoms with Crippen molar-refractivity contribution in [3.8, 4) is 6.07 Å². The van der Waals surface area contributed by atoms with E-state index in [1.165, 1.54) is 16.9 Å². The first-order valence-electron chi connectivity index (χ1n) is 6.14. The summed E-state index contributed by atoms with van der Waals surface area (Å²) < 4.78 is 0. The molecule has 1 heterocycles. The molecule has 0 bridgehead atoms. The molecule has 0 amide bonds. The van der Waals surface area contributed by atoms with Gasteiger partial charge in [-0.25, -0.2) is 4.98 Å². The molecular weight excluding hydrogens is 240 g/mol. The van der Waals surface area contributed by atoms with Gasteiger partial charge in [-0.3, -0.25) is 0 Å². The number of hydrogen-bond acceptors (Lipinski definition) is 3. The van der Waals surface area contributed by atoms with Crippen LogP contribution in [0, 0.1) is 11.3 Å². The number of nitriles is 1. The molecule has 1 aromatic heterocycles. The van der Waals surface area contributed by atoms with Gasteiger partial charge in [-0.1, -0.05) is 44.2 Å². The fourth-order valence-corrected chi connectivity index (χ4v) is 2.87. The van der Waals surface area contributed by atoms with E-state index < -0.39 is 0 Å². The van der Waals surface area contributed by atoms with Gasteiger partial charge in [-0.15, -0.1) is 11.3 Å². The summed E-state index contributed by atoms with van der Waals surface area (Å²) in [7, 11) is 0. The summed E-state index contributed by atoms with van der Waals surface area (Å²) >= 11 is 1.53. The van der Waals surface area contributed by atoms with Gasteiger partial charge < -0.3 is 0 Å². The van der Waals surface area contributed by atoms with Crippen molar-refractivity contribution in [1.29, 1.82) is 5.26 Å². The Morgan fingerprint density at radius 3 is 2.50 bits per heavy atom. The zero-order valence-corrected chi connectivity index (χ0v) is 11.5. The summed E-state index contributed by atoms with van der Waals surface area (Å²) in [5.41, 5.74) is 2.27. The SMILES string of the molecule is CC(C)c1nc(CCc2ccccc2)sc1C#N. The lowest BCUT2D eigenvalue weighted by Gasteiger charge is -1.99. The van der Waals surface area contributed by atoms with Gasteiger partial charge >= 0.3 is 0 Å². The van der Waals surface area contributed by atoms with Crippen molar-refractivity contribution in [3.63, 3.8) is 0 Å². The maximum absolute atomic E-state index is 9.09. The van der Waals surface area contributed by atoms with Gasteiger partial charge in [0, 0.05) is 6.42 Å². The molecule has 3 heteroatoms. The molecule has 0 atom stereocenters. The van der Waals surface area contributed by atoms with Crippen molar-refractivity contribution >= 4 is 11.3 Å². The van der Waals surface area contributed by atoms with Gasteiger partial charge in [-0.05, 0) is 17.9 Å². The van der Waals surface area contributed by atoms with E-state index in [9.17, 15) is 0 Å². The zero-order valence-electron chi connectivity index (χ0n) is 10.7. The van der Waals surface area contributed by atoms with Crippen LogP contribution in [0.25, 0.3) is 0 Å². The highest BCUT2D eigenvalue weighted by molar-refractivity contribution is 7.12. The second kappa shape index (κ2) is 5.79. The van der Waals surface area contributed by atoms with Crippen LogP contribution in [0.4, 0.5) is 0 Å². The Morgan fingerprint density at radius 1 is 1.22 bits per heavy atom. The minimum absolute atomic E-state index is 0.321. The Labute approximate surface area is 112 Å². The van der Waals surface area contributed by atoms with E-state index in [1.807, 2.05) is 6.07 Å². The molecule has 0 fully saturated rings. The van der Waals surface area contributed by atoms with Crippen molar-refractivity contribution in [2.24, 2.45) is 0 Å². The second-order valence-corrected chi connectivity index (χ2v) is 5.66. The van der Waals surface area contributed by atoms with E-state index in [0.29, 0.717) is 5.92 Å². The number of nitrogens with zero attached hydrogens (tertiary/aromatic N) is 2. The lowest BCUT2D eigenvalue weighted by molar-refractivity contribution is 0.813. The summed E-state index contributed by atoms with van der Waals surface area (Å²) in [6.45, 7) is 4.16. The molecule has 2 aromatic rings. The highest BCUT2D eigenvalue weighted by Gasteiger charge is 2.13. The van der Waals surface area contributed by atoms with Crippen LogP contribution < -0.4 is 0 Å². The first-order valence-corrected chi connectivity index (χ1v) is 6.96. The Hall–Kier alpha value is -1.66. The van der Waals surface area contributed by atoms with E-state index in [1.54, 1.807) is 0 Å². The summed E-state index contributed by atoms with van der Waals surface area (Å²) in [5.74, 6) is 0.321. The van der Waals surface area contributed by atoms with E-state index in [2.05, 4.69) is 49.2 Å². The summed E-state index contributed by atoms with van der Waals surface area (Å²) in [4.78, 5) is 5.36. The van der Waals surface area contributed by atoms with Crippen molar-refractivity contribution in [3.05, 3.63) is 51.5 Å². The molecule has 0 aliphatic carbocycles. The zero-order chi connectivity index (χ0) is 13.0. The van der Waals surface area contributed by atoms with Gasteiger partial charge in [-0.2, -0.15) is 5.26 Å². The van der Waals surface area contributed by atoms with Crippen LogP contribution in [0.15, 0.2) is 30.3 Å². The summed E-state index contributed by atoms with van der Waals surface area (Å²) in [6, 6.07) is 12.6. The van der Waals surface area contributed by atoms with Crippen LogP contribution in [0.3, 0.4) is 0 Å². The van der Waals surface area contributed by atoms with E-state index >= 15 is 0 Å². The van der Waals surface area contributed by atoms with E-state index in [4.69, 9.17) is 5.26 Å². The number of aryl methyl sites for hydroxylation is 2. The Balaban J connectivity index is 2.09. The van der Waals surface area contributed by atoms with E-state index in [0.717, 1.165) is 28.4 Å². The molecule has 2 rings (SSSR count). The maximum atomic E-state index is 9.09. The Bertz CT molecular complexity index is 550. The van der Waals surface area contributed by atoms with Gasteiger partial charge in [0.25, 0.3) is 0 Å². The third-order valence-electron chi connectivity index (χ3n) is 2.82. The number of aromatic nitrogens is 1. The van der Waals surface area contributed by atoms with Crippen LogP contribution >= 0.6 is 11.3 Å². The summed E-state index contributed by atoms with van der Waals surface area (Å²) in [5, 5.41) is 10.2. The number of rotatable bonds is 4. The van der Waals surface area contributed by atoms with Gasteiger partial charge in [0.05, 0.1) is 10.7 Å². The molecule has 18 heavy (non-hydrogen) atoms. The first kappa shape index (κ1) is 12.8. The Morgan fingerprint density at radius 2 is 1.94 bits per heavy atom. The molecule has 92 valence electrons. The number of hydrogen-bond donors (Lipinski definition) is 0. The largest absolute Gasteiger partial charge is 0.245 e. The van der Waals surface area contributed by atoms with Crippen LogP contribution in [-0.4, -0.2) is 4.98 Å². The van der Waals surface area contributed by atoms with Crippen molar-refractivity contribution in [1.82, 2.24) is 4.98 Å². The fraction of sp³-hybridized carbons (Fsp3) is 0.333. The molecule has 1 aromatic carbocycles. The van der Waals surface area contributed by atoms with Crippen LogP contribution in [0.2, 0.25) is 0 Å². The molecule has 0 aliphatic heterocycles. The minimum Gasteiger partial charge on any atom is -0.245 e. The molecule has 0 N–H and O–H groups in total. The molecule has 0 saturated carbocycles. The second-order valence-electron chi connectivity index (χ2n) is 4.57. The molecule has 0 spiro atoms. The predicted molar refractivity (Wildman–Crippen MR) is 74.8 cm³/mol. The lowest BCUT2D eigenvalue weighted by Crippen LogP contribution is -1.93. The lowest BCUT2D eigenvalue weighted by atomic mass is 10.1. The smallest absolute Gasteiger partial charge is 0.128 e. The average Bonchev–Trinajstić information content (AvgIpc) is 2.81. The number of thiazole rings is 1. The van der Waals surface area contributed by atoms with Crippen LogP contribution in [0.1, 0.15) is 40.9 Å². The molecule has 0 radical (unpaired) electrons. The monoisotopic (exact) mass is 256 g/mol. The fourth-order valence-electron chi connectivity index (χ4n) is 1.85. The van der Waals surface area contributed by atoms with Crippen molar-refractivity contribution in [2.45, 2.75) is 32.6 Å². The third kappa shape index (κ3) is 2.96. The predicted octanol–water partition coefficient (Wildman–Crippen LogP) is 3.92. The minimum atomic E-state index is 0.321. The first-order chi connectivity index (χ1) is 8.70. The van der Waals surface area contributed by atoms with E-state index in [-0.39, 0.29) is 0 Å². The maximum Gasteiger partial charge on any atom is 0.128 e. The van der Waals surface area contributed by atoms with Gasteiger partial charge in [0.2, 0.25) is 0 Å². The van der Waals surface area contributed by atoms with Crippen molar-refractivity contribution in [2.75, 3.05) is 0 Å². The van der Waals surface area contributed by atoms with Crippen molar-refractivity contribution < 1.29 is 0 Å². The molecule has 2 nitrogen and oxygen atoms in total. The quantitative estimate of drug-likeness (QED) is 0.831. The average molecular weight is 256 g/mol. The molecule has 0 unspecified atom stereocenters. The molecule has 0 aliphatic rings. The van der Waals surface area contributed by atoms with Crippen LogP contribution in [0.5, 0.6) is 0 Å².